The van der Waals surface area contributed by atoms with Crippen LogP contribution in [0.15, 0.2) is 85.2 Å². The van der Waals surface area contributed by atoms with Gasteiger partial charge in [-0.3, -0.25) is 9.97 Å². The number of benzene rings is 1. The minimum atomic E-state index is -3.94. The lowest BCUT2D eigenvalue weighted by atomic mass is 10.0. The van der Waals surface area contributed by atoms with E-state index in [-0.39, 0.29) is 6.04 Å². The van der Waals surface area contributed by atoms with E-state index in [1.807, 2.05) is 48.5 Å². The van der Waals surface area contributed by atoms with Crippen LogP contribution in [0.4, 0.5) is 0 Å². The third-order valence-electron chi connectivity index (χ3n) is 5.16. The number of pyridine rings is 3. The number of aromatic nitrogens is 3. The topological polar surface area (TPSA) is 111 Å². The van der Waals surface area contributed by atoms with Crippen molar-refractivity contribution in [1.29, 1.82) is 0 Å². The van der Waals surface area contributed by atoms with Crippen molar-refractivity contribution < 1.29 is 14.4 Å². The van der Waals surface area contributed by atoms with E-state index in [1.165, 1.54) is 0 Å². The van der Waals surface area contributed by atoms with Gasteiger partial charge in [0.2, 0.25) is 0 Å². The predicted octanol–water partition coefficient (Wildman–Crippen LogP) is 3.27. The second-order valence-electron chi connectivity index (χ2n) is 7.81. The van der Waals surface area contributed by atoms with Crippen LogP contribution >= 0.6 is 0 Å². The fraction of sp³-hybridized carbons (Fsp3) is 0.160. The van der Waals surface area contributed by atoms with Gasteiger partial charge < -0.3 is 19.7 Å². The van der Waals surface area contributed by atoms with E-state index in [1.54, 1.807) is 12.4 Å². The van der Waals surface area contributed by atoms with Crippen molar-refractivity contribution in [3.63, 3.8) is 0 Å². The van der Waals surface area contributed by atoms with E-state index < -0.39 is 8.80 Å². The standard InChI is InChI=1S/C25H26N4O3Si/c30-33(31,32)15-5-12-26-18-19-8-10-20(11-9-19)21-16-24(22-6-1-3-13-27-22)29-25(17-21)23-7-2-4-14-28-23/h1-4,6-11,13-14,16-17,26,30-32H,5,12,15,18H2. The summed E-state index contributed by atoms with van der Waals surface area (Å²) < 4.78 is 0. The Bertz CT molecular complexity index is 1110. The molecular formula is C25H26N4O3Si. The second-order valence-corrected chi connectivity index (χ2v) is 9.86. The zero-order chi connectivity index (χ0) is 23.1. The van der Waals surface area contributed by atoms with Gasteiger partial charge in [-0.15, -0.1) is 0 Å². The van der Waals surface area contributed by atoms with Crippen LogP contribution < -0.4 is 5.32 Å². The van der Waals surface area contributed by atoms with E-state index in [4.69, 9.17) is 19.4 Å². The first-order valence-corrected chi connectivity index (χ1v) is 12.8. The molecule has 0 aliphatic carbocycles. The van der Waals surface area contributed by atoms with Crippen LogP contribution in [0.5, 0.6) is 0 Å². The van der Waals surface area contributed by atoms with Crippen molar-refractivity contribution in [2.45, 2.75) is 19.0 Å². The fourth-order valence-corrected chi connectivity index (χ4v) is 4.14. The summed E-state index contributed by atoms with van der Waals surface area (Å²) in [6.07, 6.45) is 4.03. The molecule has 0 bridgehead atoms. The molecule has 0 aliphatic heterocycles. The van der Waals surface area contributed by atoms with Gasteiger partial charge in [-0.2, -0.15) is 0 Å². The first-order chi connectivity index (χ1) is 16.0. The lowest BCUT2D eigenvalue weighted by Gasteiger charge is -2.11. The summed E-state index contributed by atoms with van der Waals surface area (Å²) in [7, 11) is -3.94. The zero-order valence-corrected chi connectivity index (χ0v) is 19.1. The Morgan fingerprint density at radius 3 is 1.82 bits per heavy atom. The molecule has 0 unspecified atom stereocenters. The van der Waals surface area contributed by atoms with Crippen molar-refractivity contribution in [2.24, 2.45) is 0 Å². The van der Waals surface area contributed by atoms with Crippen LogP contribution in [0.2, 0.25) is 6.04 Å². The molecule has 0 amide bonds. The van der Waals surface area contributed by atoms with Crippen molar-refractivity contribution in [1.82, 2.24) is 20.3 Å². The van der Waals surface area contributed by atoms with Crippen molar-refractivity contribution >= 4 is 8.80 Å². The molecule has 7 nitrogen and oxygen atoms in total. The quantitative estimate of drug-likeness (QED) is 0.225. The van der Waals surface area contributed by atoms with Crippen LogP contribution in [0.1, 0.15) is 12.0 Å². The highest BCUT2D eigenvalue weighted by molar-refractivity contribution is 6.56. The molecule has 0 saturated carbocycles. The van der Waals surface area contributed by atoms with Gasteiger partial charge in [0, 0.05) is 25.0 Å². The van der Waals surface area contributed by atoms with Gasteiger partial charge in [-0.25, -0.2) is 4.98 Å². The van der Waals surface area contributed by atoms with Gasteiger partial charge in [-0.05, 0) is 66.1 Å². The molecule has 33 heavy (non-hydrogen) atoms. The molecule has 3 aromatic heterocycles. The first kappa shape index (κ1) is 22.9. The van der Waals surface area contributed by atoms with Gasteiger partial charge in [0.15, 0.2) is 0 Å². The summed E-state index contributed by atoms with van der Waals surface area (Å²) in [4.78, 5) is 40.9. The van der Waals surface area contributed by atoms with Crippen LogP contribution in [-0.4, -0.2) is 44.7 Å². The smallest absolute Gasteiger partial charge is 0.390 e. The highest BCUT2D eigenvalue weighted by Gasteiger charge is 2.25. The molecule has 0 spiro atoms. The zero-order valence-electron chi connectivity index (χ0n) is 18.1. The molecule has 4 rings (SSSR count). The number of hydrogen-bond acceptors (Lipinski definition) is 7. The Hall–Kier alpha value is -3.27. The van der Waals surface area contributed by atoms with Gasteiger partial charge in [0.1, 0.15) is 0 Å². The Morgan fingerprint density at radius 2 is 1.30 bits per heavy atom. The highest BCUT2D eigenvalue weighted by Crippen LogP contribution is 2.29. The van der Waals surface area contributed by atoms with E-state index in [0.29, 0.717) is 19.5 Å². The monoisotopic (exact) mass is 458 g/mol. The van der Waals surface area contributed by atoms with Crippen molar-refractivity contribution in [3.05, 3.63) is 90.8 Å². The Kier molecular flexibility index (Phi) is 7.33. The minimum Gasteiger partial charge on any atom is -0.390 e. The van der Waals surface area contributed by atoms with Crippen LogP contribution in [0.3, 0.4) is 0 Å². The first-order valence-electron chi connectivity index (χ1n) is 10.8. The van der Waals surface area contributed by atoms with E-state index in [0.717, 1.165) is 39.5 Å². The predicted molar refractivity (Wildman–Crippen MR) is 130 cm³/mol. The Labute approximate surface area is 193 Å². The molecule has 0 atom stereocenters. The molecule has 3 heterocycles. The highest BCUT2D eigenvalue weighted by atomic mass is 28.4. The van der Waals surface area contributed by atoms with E-state index >= 15 is 0 Å². The number of nitrogens with one attached hydrogen (secondary N) is 1. The van der Waals surface area contributed by atoms with Crippen LogP contribution in [0.25, 0.3) is 33.9 Å². The lowest BCUT2D eigenvalue weighted by Crippen LogP contribution is -2.35. The second kappa shape index (κ2) is 10.6. The molecule has 0 aliphatic rings. The molecule has 8 heteroatoms. The summed E-state index contributed by atoms with van der Waals surface area (Å²) in [6.45, 7) is 1.26. The maximum absolute atomic E-state index is 9.07. The third kappa shape index (κ3) is 6.61. The molecule has 0 radical (unpaired) electrons. The summed E-state index contributed by atoms with van der Waals surface area (Å²) in [6, 6.07) is 23.9. The summed E-state index contributed by atoms with van der Waals surface area (Å²) in [5, 5.41) is 3.26. The average molecular weight is 459 g/mol. The maximum Gasteiger partial charge on any atom is 0.492 e. The number of hydrogen-bond donors (Lipinski definition) is 4. The van der Waals surface area contributed by atoms with Crippen molar-refractivity contribution in [3.8, 4) is 33.9 Å². The third-order valence-corrected chi connectivity index (χ3v) is 6.19. The van der Waals surface area contributed by atoms with E-state index in [2.05, 4.69) is 39.6 Å². The molecule has 168 valence electrons. The molecule has 4 aromatic rings. The summed E-state index contributed by atoms with van der Waals surface area (Å²) >= 11 is 0. The van der Waals surface area contributed by atoms with Gasteiger partial charge >= 0.3 is 8.80 Å². The maximum atomic E-state index is 9.07. The summed E-state index contributed by atoms with van der Waals surface area (Å²) in [5.41, 5.74) is 6.39. The fourth-order valence-electron chi connectivity index (χ4n) is 3.49. The Balaban J connectivity index is 1.54. The SMILES string of the molecule is O[Si](O)(O)CCCNCc1ccc(-c2cc(-c3ccccn3)nc(-c3ccccn3)c2)cc1. The number of nitrogens with zero attached hydrogens (tertiary/aromatic N) is 3. The minimum absolute atomic E-state index is 0.0399. The van der Waals surface area contributed by atoms with Gasteiger partial charge in [0.05, 0.1) is 22.8 Å². The van der Waals surface area contributed by atoms with Crippen molar-refractivity contribution in [2.75, 3.05) is 6.54 Å². The molecular weight excluding hydrogens is 432 g/mol. The van der Waals surface area contributed by atoms with Gasteiger partial charge in [-0.1, -0.05) is 36.4 Å². The summed E-state index contributed by atoms with van der Waals surface area (Å²) in [5.74, 6) is 0. The lowest BCUT2D eigenvalue weighted by molar-refractivity contribution is 0.226. The molecule has 0 fully saturated rings. The Morgan fingerprint density at radius 1 is 0.697 bits per heavy atom. The van der Waals surface area contributed by atoms with E-state index in [9.17, 15) is 0 Å². The van der Waals surface area contributed by atoms with Crippen LogP contribution in [0, 0.1) is 0 Å². The normalized spacial score (nSPS) is 11.5. The van der Waals surface area contributed by atoms with Gasteiger partial charge in [0.25, 0.3) is 0 Å². The average Bonchev–Trinajstić information content (AvgIpc) is 2.84. The largest absolute Gasteiger partial charge is 0.492 e. The number of rotatable bonds is 9. The molecule has 4 N–H and O–H groups in total. The van der Waals surface area contributed by atoms with Crippen LogP contribution in [-0.2, 0) is 6.54 Å². The molecule has 0 saturated heterocycles. The molecule has 1 aromatic carbocycles.